The molecule has 0 aliphatic rings. The van der Waals surface area contributed by atoms with Crippen molar-refractivity contribution in [3.63, 3.8) is 0 Å². The summed E-state index contributed by atoms with van der Waals surface area (Å²) in [5, 5.41) is 16.8. The molecule has 0 aliphatic carbocycles. The zero-order chi connectivity index (χ0) is 32.2. The first-order valence-electron chi connectivity index (χ1n) is 14.8. The Hall–Kier alpha value is -4.24. The van der Waals surface area contributed by atoms with Gasteiger partial charge in [-0.05, 0) is 61.6 Å². The Kier molecular flexibility index (Phi) is 9.30. The molecule has 2 N–H and O–H groups in total. The minimum Gasteiger partial charge on any atom is -0.405 e. The maximum Gasteiger partial charge on any atom is 0.416 e. The van der Waals surface area contributed by atoms with Crippen LogP contribution in [0.15, 0.2) is 121 Å². The summed E-state index contributed by atoms with van der Waals surface area (Å²) in [7, 11) is -2.87. The van der Waals surface area contributed by atoms with E-state index in [9.17, 15) is 23.1 Å². The van der Waals surface area contributed by atoms with Crippen LogP contribution in [0.2, 0.25) is 5.04 Å². The summed E-state index contributed by atoms with van der Waals surface area (Å²) in [6.45, 7) is 6.30. The second-order valence-corrected chi connectivity index (χ2v) is 16.4. The highest BCUT2D eigenvalue weighted by molar-refractivity contribution is 6.99. The first kappa shape index (κ1) is 32.2. The van der Waals surface area contributed by atoms with E-state index in [-0.39, 0.29) is 24.2 Å². The number of carbonyl (C=O) groups is 1. The van der Waals surface area contributed by atoms with Gasteiger partial charge < -0.3 is 14.8 Å². The number of benzene rings is 5. The highest BCUT2D eigenvalue weighted by atomic mass is 28.4. The van der Waals surface area contributed by atoms with E-state index in [4.69, 9.17) is 4.43 Å². The third kappa shape index (κ3) is 6.73. The van der Waals surface area contributed by atoms with Crippen LogP contribution in [0, 0.1) is 0 Å². The van der Waals surface area contributed by atoms with Crippen LogP contribution >= 0.6 is 0 Å². The van der Waals surface area contributed by atoms with E-state index in [1.165, 1.54) is 12.1 Å². The van der Waals surface area contributed by atoms with Gasteiger partial charge >= 0.3 is 6.18 Å². The molecule has 1 amide bonds. The minimum absolute atomic E-state index is 0.112. The molecule has 5 rings (SSSR count). The van der Waals surface area contributed by atoms with Gasteiger partial charge in [0.15, 0.2) is 0 Å². The van der Waals surface area contributed by atoms with Crippen molar-refractivity contribution in [1.82, 2.24) is 5.32 Å². The molecule has 8 heteroatoms. The van der Waals surface area contributed by atoms with E-state index in [1.807, 2.05) is 54.6 Å². The number of alkyl halides is 3. The van der Waals surface area contributed by atoms with Crippen LogP contribution in [0.25, 0.3) is 21.9 Å². The lowest BCUT2D eigenvalue weighted by Crippen LogP contribution is -2.67. The molecular weight excluding hydrogens is 591 g/mol. The minimum atomic E-state index is -4.41. The third-order valence-electron chi connectivity index (χ3n) is 8.14. The second kappa shape index (κ2) is 13.0. The number of halogens is 3. The molecule has 0 radical (unpaired) electrons. The summed E-state index contributed by atoms with van der Waals surface area (Å²) in [5.74, 6) is -0.359. The molecule has 0 bridgehead atoms. The molecular formula is C37H36F3NO3Si. The van der Waals surface area contributed by atoms with Crippen molar-refractivity contribution in [3.05, 3.63) is 132 Å². The van der Waals surface area contributed by atoms with Gasteiger partial charge in [-0.2, -0.15) is 13.2 Å². The normalized spacial score (nSPS) is 13.0. The lowest BCUT2D eigenvalue weighted by atomic mass is 9.96. The standard InChI is InChI=1S/C37H36F3NO3Si/c1-36(2,3)45(31-12-6-4-7-13-31,32-14-8-5-9-15-32)44-25-30(24-42)41-35(43)28-19-22-34-27(23-28)11-10-16-33(34)26-17-20-29(21-18-26)37(38,39)40/h4-23,30,42H,24-25H2,1-3H3,(H,41,43). The van der Waals surface area contributed by atoms with E-state index < -0.39 is 26.1 Å². The molecule has 0 saturated heterocycles. The van der Waals surface area contributed by atoms with Gasteiger partial charge in [-0.1, -0.05) is 118 Å². The van der Waals surface area contributed by atoms with Gasteiger partial charge in [-0.15, -0.1) is 0 Å². The number of aliphatic hydroxyl groups excluding tert-OH is 1. The Bertz CT molecular complexity index is 1710. The Labute approximate surface area is 262 Å². The molecule has 5 aromatic carbocycles. The maximum atomic E-state index is 13.4. The van der Waals surface area contributed by atoms with E-state index >= 15 is 0 Å². The zero-order valence-electron chi connectivity index (χ0n) is 25.4. The Balaban J connectivity index is 1.38. The fraction of sp³-hybridized carbons (Fsp3) is 0.216. The number of hydrogen-bond acceptors (Lipinski definition) is 3. The highest BCUT2D eigenvalue weighted by Crippen LogP contribution is 2.37. The van der Waals surface area contributed by atoms with Crippen LogP contribution in [0.1, 0.15) is 36.7 Å². The molecule has 1 atom stereocenters. The summed E-state index contributed by atoms with van der Waals surface area (Å²) in [6.07, 6.45) is -4.41. The van der Waals surface area contributed by atoms with Crippen LogP contribution in [-0.2, 0) is 10.6 Å². The van der Waals surface area contributed by atoms with Crippen molar-refractivity contribution in [2.24, 2.45) is 0 Å². The van der Waals surface area contributed by atoms with Crippen LogP contribution in [0.3, 0.4) is 0 Å². The Morgan fingerprint density at radius 3 is 1.93 bits per heavy atom. The summed E-state index contributed by atoms with van der Waals surface area (Å²) < 4.78 is 46.1. The molecule has 4 nitrogen and oxygen atoms in total. The average molecular weight is 628 g/mol. The Morgan fingerprint density at radius 2 is 1.40 bits per heavy atom. The molecule has 232 valence electrons. The monoisotopic (exact) mass is 627 g/mol. The SMILES string of the molecule is CC(C)(C)[Si](OCC(CO)NC(=O)c1ccc2c(-c3ccc(C(F)(F)F)cc3)cccc2c1)(c1ccccc1)c1ccccc1. The van der Waals surface area contributed by atoms with E-state index in [1.54, 1.807) is 18.2 Å². The molecule has 0 fully saturated rings. The van der Waals surface area contributed by atoms with Crippen LogP contribution in [-0.4, -0.2) is 38.6 Å². The molecule has 45 heavy (non-hydrogen) atoms. The first-order valence-corrected chi connectivity index (χ1v) is 16.7. The lowest BCUT2D eigenvalue weighted by Gasteiger charge is -2.43. The van der Waals surface area contributed by atoms with Gasteiger partial charge in [0.1, 0.15) is 0 Å². The Morgan fingerprint density at radius 1 is 0.800 bits per heavy atom. The molecule has 5 aromatic rings. The largest absolute Gasteiger partial charge is 0.416 e. The predicted octanol–water partition coefficient (Wildman–Crippen LogP) is 7.19. The van der Waals surface area contributed by atoms with Crippen molar-refractivity contribution in [2.75, 3.05) is 13.2 Å². The van der Waals surface area contributed by atoms with Crippen molar-refractivity contribution < 1.29 is 27.5 Å². The van der Waals surface area contributed by atoms with Crippen LogP contribution < -0.4 is 15.7 Å². The van der Waals surface area contributed by atoms with E-state index in [0.29, 0.717) is 11.1 Å². The van der Waals surface area contributed by atoms with Gasteiger partial charge in [0.2, 0.25) is 0 Å². The number of rotatable bonds is 9. The second-order valence-electron chi connectivity index (χ2n) is 12.1. The molecule has 0 aliphatic heterocycles. The van der Waals surface area contributed by atoms with Crippen molar-refractivity contribution in [2.45, 2.75) is 38.0 Å². The van der Waals surface area contributed by atoms with Gasteiger partial charge in [0, 0.05) is 5.56 Å². The zero-order valence-corrected chi connectivity index (χ0v) is 26.4. The summed E-state index contributed by atoms with van der Waals surface area (Å²) in [6, 6.07) is 35.4. The maximum absolute atomic E-state index is 13.4. The summed E-state index contributed by atoms with van der Waals surface area (Å²) in [5.41, 5.74) is 1.10. The van der Waals surface area contributed by atoms with Gasteiger partial charge in [0.05, 0.1) is 24.8 Å². The topological polar surface area (TPSA) is 58.6 Å². The summed E-state index contributed by atoms with van der Waals surface area (Å²) >= 11 is 0. The fourth-order valence-electron chi connectivity index (χ4n) is 5.91. The molecule has 0 saturated carbocycles. The quantitative estimate of drug-likeness (QED) is 0.170. The number of hydrogen-bond donors (Lipinski definition) is 2. The van der Waals surface area contributed by atoms with Gasteiger partial charge in [0.25, 0.3) is 14.2 Å². The number of nitrogens with one attached hydrogen (secondary N) is 1. The summed E-state index contributed by atoms with van der Waals surface area (Å²) in [4.78, 5) is 13.4. The van der Waals surface area contributed by atoms with Gasteiger partial charge in [-0.25, -0.2) is 0 Å². The molecule has 0 spiro atoms. The van der Waals surface area contributed by atoms with Crippen LogP contribution in [0.5, 0.6) is 0 Å². The molecule has 1 unspecified atom stereocenters. The lowest BCUT2D eigenvalue weighted by molar-refractivity contribution is -0.137. The number of carbonyl (C=O) groups excluding carboxylic acids is 1. The third-order valence-corrected chi connectivity index (χ3v) is 13.1. The first-order chi connectivity index (χ1) is 21.4. The smallest absolute Gasteiger partial charge is 0.405 e. The fourth-order valence-corrected chi connectivity index (χ4v) is 10.5. The van der Waals surface area contributed by atoms with Crippen molar-refractivity contribution >= 4 is 35.4 Å². The molecule has 0 heterocycles. The van der Waals surface area contributed by atoms with E-state index in [2.05, 4.69) is 50.4 Å². The van der Waals surface area contributed by atoms with Crippen molar-refractivity contribution in [1.29, 1.82) is 0 Å². The number of aliphatic hydroxyl groups is 1. The average Bonchev–Trinajstić information content (AvgIpc) is 3.04. The number of fused-ring (bicyclic) bond motifs is 1. The van der Waals surface area contributed by atoms with Crippen LogP contribution in [0.4, 0.5) is 13.2 Å². The van der Waals surface area contributed by atoms with Crippen molar-refractivity contribution in [3.8, 4) is 11.1 Å². The van der Waals surface area contributed by atoms with Gasteiger partial charge in [-0.3, -0.25) is 4.79 Å². The molecule has 0 aromatic heterocycles. The predicted molar refractivity (Wildman–Crippen MR) is 176 cm³/mol. The van der Waals surface area contributed by atoms with E-state index in [0.717, 1.165) is 38.8 Å². The number of amides is 1. The highest BCUT2D eigenvalue weighted by Gasteiger charge is 2.50.